The number of nitrogens with one attached hydrogen (secondary N) is 1. The van der Waals surface area contributed by atoms with E-state index in [9.17, 15) is 22.8 Å². The zero-order valence-electron chi connectivity index (χ0n) is 15.9. The van der Waals surface area contributed by atoms with Crippen molar-refractivity contribution in [3.63, 3.8) is 0 Å². The second kappa shape index (κ2) is 12.4. The van der Waals surface area contributed by atoms with Gasteiger partial charge in [-0.25, -0.2) is 4.79 Å². The van der Waals surface area contributed by atoms with Crippen LogP contribution in [0.5, 0.6) is 5.75 Å². The topological polar surface area (TPSA) is 116 Å². The van der Waals surface area contributed by atoms with Crippen molar-refractivity contribution < 1.29 is 42.5 Å². The van der Waals surface area contributed by atoms with Crippen LogP contribution in [-0.2, 0) is 9.59 Å². The van der Waals surface area contributed by atoms with Crippen LogP contribution in [0.2, 0.25) is 0 Å². The Morgan fingerprint density at radius 1 is 1.20 bits per heavy atom. The van der Waals surface area contributed by atoms with Crippen LogP contribution < -0.4 is 15.0 Å². The highest BCUT2D eigenvalue weighted by Gasteiger charge is 2.38. The largest absolute Gasteiger partial charge is 0.490 e. The van der Waals surface area contributed by atoms with Gasteiger partial charge in [-0.05, 0) is 18.2 Å². The van der Waals surface area contributed by atoms with Crippen LogP contribution in [0.15, 0.2) is 18.2 Å². The van der Waals surface area contributed by atoms with Gasteiger partial charge in [-0.2, -0.15) is 13.2 Å². The summed E-state index contributed by atoms with van der Waals surface area (Å²) >= 11 is 0. The fourth-order valence-electron chi connectivity index (χ4n) is 2.05. The molecule has 0 saturated heterocycles. The van der Waals surface area contributed by atoms with Crippen LogP contribution in [-0.4, -0.2) is 72.5 Å². The zero-order valence-corrected chi connectivity index (χ0v) is 17.5. The molecule has 1 heterocycles. The number of carbonyl (C=O) groups is 3. The minimum absolute atomic E-state index is 0.108. The molecule has 8 nitrogen and oxygen atoms in total. The summed E-state index contributed by atoms with van der Waals surface area (Å²) in [6.07, 6.45) is -4.92. The van der Waals surface area contributed by atoms with E-state index in [1.165, 1.54) is 10.8 Å². The Morgan fingerprint density at radius 2 is 1.83 bits per heavy atom. The SMILES string of the molecule is CN1CCOc2ccc(C(=O)NCCSSCCC(=O)O)cc21.O=C(O)C(F)(F)F. The van der Waals surface area contributed by atoms with Crippen molar-refractivity contribution in [1.82, 2.24) is 5.32 Å². The van der Waals surface area contributed by atoms with Gasteiger partial charge >= 0.3 is 18.1 Å². The number of halogens is 3. The summed E-state index contributed by atoms with van der Waals surface area (Å²) in [5.74, 6) is -1.53. The van der Waals surface area contributed by atoms with E-state index in [2.05, 4.69) is 10.2 Å². The Morgan fingerprint density at radius 3 is 2.43 bits per heavy atom. The fourth-order valence-corrected chi connectivity index (χ4v) is 3.93. The molecule has 0 aromatic heterocycles. The quantitative estimate of drug-likeness (QED) is 0.390. The van der Waals surface area contributed by atoms with E-state index in [0.717, 1.165) is 23.7 Å². The summed E-state index contributed by atoms with van der Waals surface area (Å²) < 4.78 is 37.3. The molecule has 0 spiro atoms. The standard InChI is InChI=1S/C15H20N2O4S2.C2HF3O2/c1-17-6-7-21-13-3-2-11(10-12(13)17)15(20)16-5-9-23-22-8-4-14(18)19;3-2(4,5)1(6)7/h2-3,10H,4-9H2,1H3,(H,16,20)(H,18,19);(H,6,7). The lowest BCUT2D eigenvalue weighted by Gasteiger charge is -2.27. The van der Waals surface area contributed by atoms with Gasteiger partial charge in [0.2, 0.25) is 0 Å². The molecule has 3 N–H and O–H groups in total. The first-order valence-corrected chi connectivity index (χ1v) is 11.0. The van der Waals surface area contributed by atoms with Crippen molar-refractivity contribution in [3.05, 3.63) is 23.8 Å². The number of likely N-dealkylation sites (N-methyl/N-ethyl adjacent to an activating group) is 1. The van der Waals surface area contributed by atoms with Crippen LogP contribution in [0.4, 0.5) is 18.9 Å². The lowest BCUT2D eigenvalue weighted by Crippen LogP contribution is -2.30. The number of alkyl halides is 3. The number of anilines is 1. The predicted octanol–water partition coefficient (Wildman–Crippen LogP) is 2.73. The number of hydrogen-bond donors (Lipinski definition) is 3. The van der Waals surface area contributed by atoms with Crippen molar-refractivity contribution in [2.24, 2.45) is 0 Å². The molecule has 1 amide bonds. The van der Waals surface area contributed by atoms with E-state index < -0.39 is 18.1 Å². The molecule has 1 aliphatic heterocycles. The second-order valence-electron chi connectivity index (χ2n) is 5.80. The van der Waals surface area contributed by atoms with Gasteiger partial charge in [0.25, 0.3) is 5.91 Å². The molecular formula is C17H21F3N2O6S2. The number of nitrogens with zero attached hydrogens (tertiary/aromatic N) is 1. The van der Waals surface area contributed by atoms with Crippen LogP contribution in [0, 0.1) is 0 Å². The zero-order chi connectivity index (χ0) is 22.7. The molecule has 0 bridgehead atoms. The first kappa shape index (κ1) is 25.8. The molecule has 0 atom stereocenters. The molecule has 30 heavy (non-hydrogen) atoms. The van der Waals surface area contributed by atoms with Gasteiger partial charge in [0.05, 0.1) is 18.7 Å². The first-order chi connectivity index (χ1) is 14.0. The van der Waals surface area contributed by atoms with E-state index in [-0.39, 0.29) is 12.3 Å². The number of ether oxygens (including phenoxy) is 1. The Hall–Kier alpha value is -2.28. The van der Waals surface area contributed by atoms with Crippen molar-refractivity contribution in [2.45, 2.75) is 12.6 Å². The maximum atomic E-state index is 12.2. The van der Waals surface area contributed by atoms with Crippen LogP contribution in [0.25, 0.3) is 0 Å². The molecule has 0 saturated carbocycles. The molecule has 13 heteroatoms. The third-order valence-electron chi connectivity index (χ3n) is 3.51. The third kappa shape index (κ3) is 9.48. The number of fused-ring (bicyclic) bond motifs is 1. The smallest absolute Gasteiger partial charge is 0.490 e. The van der Waals surface area contributed by atoms with Gasteiger partial charge in [-0.3, -0.25) is 9.59 Å². The van der Waals surface area contributed by atoms with E-state index in [1.807, 2.05) is 19.2 Å². The molecule has 0 fully saturated rings. The Bertz CT molecular complexity index is 749. The highest BCUT2D eigenvalue weighted by molar-refractivity contribution is 8.76. The summed E-state index contributed by atoms with van der Waals surface area (Å²) in [4.78, 5) is 33.5. The normalized spacial score (nSPS) is 12.7. The van der Waals surface area contributed by atoms with Gasteiger partial charge in [-0.1, -0.05) is 21.6 Å². The van der Waals surface area contributed by atoms with Crippen LogP contribution >= 0.6 is 21.6 Å². The van der Waals surface area contributed by atoms with Crippen molar-refractivity contribution in [1.29, 1.82) is 0 Å². The van der Waals surface area contributed by atoms with Crippen molar-refractivity contribution in [3.8, 4) is 5.75 Å². The van der Waals surface area contributed by atoms with Crippen LogP contribution in [0.3, 0.4) is 0 Å². The van der Waals surface area contributed by atoms with Gasteiger partial charge in [0.15, 0.2) is 0 Å². The van der Waals surface area contributed by atoms with Gasteiger partial charge in [-0.15, -0.1) is 0 Å². The second-order valence-corrected chi connectivity index (χ2v) is 8.50. The minimum Gasteiger partial charge on any atom is -0.490 e. The van der Waals surface area contributed by atoms with E-state index in [1.54, 1.807) is 16.9 Å². The van der Waals surface area contributed by atoms with Gasteiger partial charge in [0.1, 0.15) is 12.4 Å². The number of amides is 1. The molecule has 2 rings (SSSR count). The number of aliphatic carboxylic acids is 2. The molecule has 1 aromatic rings. The maximum Gasteiger partial charge on any atom is 0.490 e. The number of rotatable bonds is 8. The van der Waals surface area contributed by atoms with E-state index in [4.69, 9.17) is 19.7 Å². The predicted molar refractivity (Wildman–Crippen MR) is 108 cm³/mol. The Labute approximate surface area is 178 Å². The molecule has 0 aliphatic carbocycles. The maximum absolute atomic E-state index is 12.2. The average Bonchev–Trinajstić information content (AvgIpc) is 2.66. The van der Waals surface area contributed by atoms with Crippen LogP contribution in [0.1, 0.15) is 16.8 Å². The molecular weight excluding hydrogens is 449 g/mol. The number of carboxylic acid groups (broad SMARTS) is 2. The van der Waals surface area contributed by atoms with E-state index in [0.29, 0.717) is 24.5 Å². The highest BCUT2D eigenvalue weighted by Crippen LogP contribution is 2.31. The summed E-state index contributed by atoms with van der Waals surface area (Å²) in [7, 11) is 5.06. The number of carbonyl (C=O) groups excluding carboxylic acids is 1. The van der Waals surface area contributed by atoms with Gasteiger partial charge < -0.3 is 25.2 Å². The summed E-state index contributed by atoms with van der Waals surface area (Å²) in [6, 6.07) is 5.44. The Balaban J connectivity index is 0.000000553. The molecule has 0 radical (unpaired) electrons. The summed E-state index contributed by atoms with van der Waals surface area (Å²) in [5, 5.41) is 18.5. The van der Waals surface area contributed by atoms with Crippen molar-refractivity contribution in [2.75, 3.05) is 43.1 Å². The van der Waals surface area contributed by atoms with Gasteiger partial charge in [0, 0.05) is 30.7 Å². The number of benzene rings is 1. The first-order valence-electron chi connectivity index (χ1n) is 8.55. The van der Waals surface area contributed by atoms with E-state index >= 15 is 0 Å². The summed E-state index contributed by atoms with van der Waals surface area (Å²) in [5.41, 5.74) is 1.55. The minimum atomic E-state index is -5.08. The molecule has 168 valence electrons. The number of hydrogen-bond acceptors (Lipinski definition) is 7. The van der Waals surface area contributed by atoms with Crippen molar-refractivity contribution >= 4 is 45.1 Å². The molecule has 1 aromatic carbocycles. The average molecular weight is 470 g/mol. The lowest BCUT2D eigenvalue weighted by molar-refractivity contribution is -0.192. The Kier molecular flexibility index (Phi) is 10.7. The third-order valence-corrected chi connectivity index (χ3v) is 5.92. The molecule has 1 aliphatic rings. The summed E-state index contributed by atoms with van der Waals surface area (Å²) in [6.45, 7) is 2.01. The number of carboxylic acids is 2. The monoisotopic (exact) mass is 470 g/mol. The lowest BCUT2D eigenvalue weighted by atomic mass is 10.1. The molecule has 0 unspecified atom stereocenters. The fraction of sp³-hybridized carbons (Fsp3) is 0.471. The highest BCUT2D eigenvalue weighted by atomic mass is 33.1.